The molecular weight excluding hydrogens is 198 g/mol. The average Bonchev–Trinajstić information content (AvgIpc) is 2.12. The van der Waals surface area contributed by atoms with E-state index in [4.69, 9.17) is 5.11 Å². The van der Waals surface area contributed by atoms with Crippen LogP contribution in [0.2, 0.25) is 0 Å². The summed E-state index contributed by atoms with van der Waals surface area (Å²) in [4.78, 5) is 21.8. The molecule has 0 heterocycles. The number of carboxylic acids is 1. The quantitative estimate of drug-likeness (QED) is 0.656. The summed E-state index contributed by atoms with van der Waals surface area (Å²) in [6.07, 6.45) is 1.05. The van der Waals surface area contributed by atoms with E-state index in [1.807, 2.05) is 13.8 Å². The maximum absolute atomic E-state index is 11.1. The number of hydrogen-bond donors (Lipinski definition) is 2. The third-order valence-electron chi connectivity index (χ3n) is 1.63. The molecule has 5 nitrogen and oxygen atoms in total. The molecule has 0 aromatic rings. The van der Waals surface area contributed by atoms with E-state index in [2.05, 4.69) is 16.6 Å². The first-order chi connectivity index (χ1) is 6.97. The van der Waals surface area contributed by atoms with Crippen LogP contribution in [0, 0.1) is 5.92 Å². The van der Waals surface area contributed by atoms with Crippen LogP contribution in [-0.4, -0.2) is 29.8 Å². The second-order valence-corrected chi connectivity index (χ2v) is 3.55. The fourth-order valence-corrected chi connectivity index (χ4v) is 1.01. The van der Waals surface area contributed by atoms with E-state index in [0.29, 0.717) is 6.42 Å². The van der Waals surface area contributed by atoms with E-state index in [1.165, 1.54) is 6.08 Å². The first-order valence-electron chi connectivity index (χ1n) is 4.74. The van der Waals surface area contributed by atoms with Crippen molar-refractivity contribution in [2.24, 2.45) is 5.92 Å². The zero-order valence-electron chi connectivity index (χ0n) is 9.03. The van der Waals surface area contributed by atoms with Gasteiger partial charge in [0.25, 0.3) is 0 Å². The maximum atomic E-state index is 11.1. The third-order valence-corrected chi connectivity index (χ3v) is 1.63. The van der Waals surface area contributed by atoms with E-state index in [1.54, 1.807) is 0 Å². The van der Waals surface area contributed by atoms with E-state index < -0.39 is 18.1 Å². The first-order valence-corrected chi connectivity index (χ1v) is 4.74. The van der Waals surface area contributed by atoms with Gasteiger partial charge in [0.05, 0.1) is 0 Å². The molecule has 0 saturated heterocycles. The van der Waals surface area contributed by atoms with Crippen molar-refractivity contribution in [2.75, 3.05) is 6.61 Å². The molecule has 0 aliphatic carbocycles. The lowest BCUT2D eigenvalue weighted by atomic mass is 10.0. The highest BCUT2D eigenvalue weighted by Crippen LogP contribution is 2.05. The number of ether oxygens (including phenoxy) is 1. The number of carboxylic acid groups (broad SMARTS) is 1. The largest absolute Gasteiger partial charge is 0.480 e. The van der Waals surface area contributed by atoms with Crippen LogP contribution in [-0.2, 0) is 9.53 Å². The third kappa shape index (κ3) is 6.54. The van der Waals surface area contributed by atoms with Crippen molar-refractivity contribution < 1.29 is 19.4 Å². The van der Waals surface area contributed by atoms with Gasteiger partial charge < -0.3 is 15.2 Å². The Hall–Kier alpha value is -1.52. The highest BCUT2D eigenvalue weighted by atomic mass is 16.5. The summed E-state index contributed by atoms with van der Waals surface area (Å²) in [5.41, 5.74) is 0. The van der Waals surface area contributed by atoms with Crippen LogP contribution >= 0.6 is 0 Å². The molecule has 1 amide bonds. The van der Waals surface area contributed by atoms with Crippen LogP contribution in [0.25, 0.3) is 0 Å². The van der Waals surface area contributed by atoms with Crippen molar-refractivity contribution in [3.05, 3.63) is 12.7 Å². The van der Waals surface area contributed by atoms with Crippen molar-refractivity contribution in [1.82, 2.24) is 5.32 Å². The Kier molecular flexibility index (Phi) is 6.17. The van der Waals surface area contributed by atoms with Crippen LogP contribution in [0.1, 0.15) is 20.3 Å². The van der Waals surface area contributed by atoms with Crippen molar-refractivity contribution in [1.29, 1.82) is 0 Å². The number of carbonyl (C=O) groups excluding carboxylic acids is 1. The predicted octanol–water partition coefficient (Wildman–Crippen LogP) is 1.40. The second-order valence-electron chi connectivity index (χ2n) is 3.55. The fourth-order valence-electron chi connectivity index (χ4n) is 1.01. The predicted molar refractivity (Wildman–Crippen MR) is 55.6 cm³/mol. The Morgan fingerprint density at radius 2 is 2.13 bits per heavy atom. The van der Waals surface area contributed by atoms with Gasteiger partial charge in [0.15, 0.2) is 0 Å². The van der Waals surface area contributed by atoms with Crippen LogP contribution in [0.5, 0.6) is 0 Å². The molecule has 0 spiro atoms. The topological polar surface area (TPSA) is 75.6 Å². The van der Waals surface area contributed by atoms with Crippen molar-refractivity contribution in [2.45, 2.75) is 26.3 Å². The molecule has 0 radical (unpaired) electrons. The lowest BCUT2D eigenvalue weighted by molar-refractivity contribution is -0.139. The molecule has 0 aromatic carbocycles. The van der Waals surface area contributed by atoms with Crippen LogP contribution in [0.4, 0.5) is 4.79 Å². The highest BCUT2D eigenvalue weighted by Gasteiger charge is 2.21. The lowest BCUT2D eigenvalue weighted by Crippen LogP contribution is -2.41. The van der Waals surface area contributed by atoms with E-state index in [9.17, 15) is 9.59 Å². The molecule has 86 valence electrons. The Morgan fingerprint density at radius 3 is 2.53 bits per heavy atom. The number of amides is 1. The number of nitrogens with one attached hydrogen (secondary N) is 1. The molecule has 0 aliphatic rings. The molecule has 1 unspecified atom stereocenters. The Labute approximate surface area is 89.1 Å². The molecule has 15 heavy (non-hydrogen) atoms. The number of carbonyl (C=O) groups is 2. The minimum Gasteiger partial charge on any atom is -0.480 e. The molecule has 0 aromatic heterocycles. The fraction of sp³-hybridized carbons (Fsp3) is 0.600. The molecular formula is C10H17NO4. The van der Waals surface area contributed by atoms with E-state index in [-0.39, 0.29) is 12.5 Å². The molecule has 1 atom stereocenters. The summed E-state index contributed by atoms with van der Waals surface area (Å²) in [5.74, 6) is -0.870. The van der Waals surface area contributed by atoms with Gasteiger partial charge in [-0.2, -0.15) is 0 Å². The monoisotopic (exact) mass is 215 g/mol. The number of hydrogen-bond acceptors (Lipinski definition) is 3. The SMILES string of the molecule is C=CCOC(=O)NC(CC(C)C)C(=O)O. The maximum Gasteiger partial charge on any atom is 0.408 e. The van der Waals surface area contributed by atoms with Gasteiger partial charge in [-0.15, -0.1) is 0 Å². The van der Waals surface area contributed by atoms with Crippen LogP contribution in [0.15, 0.2) is 12.7 Å². The van der Waals surface area contributed by atoms with Crippen LogP contribution in [0.3, 0.4) is 0 Å². The van der Waals surface area contributed by atoms with Gasteiger partial charge in [-0.05, 0) is 12.3 Å². The molecule has 2 N–H and O–H groups in total. The van der Waals surface area contributed by atoms with Crippen molar-refractivity contribution in [3.63, 3.8) is 0 Å². The van der Waals surface area contributed by atoms with Gasteiger partial charge in [0.1, 0.15) is 12.6 Å². The standard InChI is InChI=1S/C10H17NO4/c1-4-5-15-10(14)11-8(9(12)13)6-7(2)3/h4,7-8H,1,5-6H2,2-3H3,(H,11,14)(H,12,13). The lowest BCUT2D eigenvalue weighted by Gasteiger charge is -2.15. The van der Waals surface area contributed by atoms with Gasteiger partial charge in [-0.25, -0.2) is 9.59 Å². The molecule has 0 saturated carbocycles. The zero-order valence-corrected chi connectivity index (χ0v) is 9.03. The summed E-state index contributed by atoms with van der Waals surface area (Å²) in [6, 6.07) is -0.901. The molecule has 0 fully saturated rings. The molecule has 5 heteroatoms. The average molecular weight is 215 g/mol. The number of rotatable bonds is 6. The Morgan fingerprint density at radius 1 is 1.53 bits per heavy atom. The second kappa shape index (κ2) is 6.86. The minimum atomic E-state index is -1.06. The summed E-state index contributed by atoms with van der Waals surface area (Å²) >= 11 is 0. The zero-order chi connectivity index (χ0) is 11.8. The van der Waals surface area contributed by atoms with E-state index >= 15 is 0 Å². The van der Waals surface area contributed by atoms with Crippen LogP contribution < -0.4 is 5.32 Å². The van der Waals surface area contributed by atoms with Crippen molar-refractivity contribution >= 4 is 12.1 Å². The molecule has 0 rings (SSSR count). The van der Waals surface area contributed by atoms with E-state index in [0.717, 1.165) is 0 Å². The van der Waals surface area contributed by atoms with Gasteiger partial charge >= 0.3 is 12.1 Å². The highest BCUT2D eigenvalue weighted by molar-refractivity contribution is 5.79. The van der Waals surface area contributed by atoms with Crippen molar-refractivity contribution in [3.8, 4) is 0 Å². The molecule has 0 bridgehead atoms. The Balaban J connectivity index is 4.10. The molecule has 0 aliphatic heterocycles. The normalized spacial score (nSPS) is 11.9. The van der Waals surface area contributed by atoms with Gasteiger partial charge in [-0.3, -0.25) is 0 Å². The summed E-state index contributed by atoms with van der Waals surface area (Å²) in [6.45, 7) is 7.21. The Bertz CT molecular complexity index is 238. The van der Waals surface area contributed by atoms with Gasteiger partial charge in [-0.1, -0.05) is 26.5 Å². The summed E-state index contributed by atoms with van der Waals surface area (Å²) in [5, 5.41) is 11.1. The van der Waals surface area contributed by atoms with Gasteiger partial charge in [0.2, 0.25) is 0 Å². The smallest absolute Gasteiger partial charge is 0.408 e. The number of alkyl carbamates (subject to hydrolysis) is 1. The minimum absolute atomic E-state index is 0.0693. The summed E-state index contributed by atoms with van der Waals surface area (Å²) in [7, 11) is 0. The summed E-state index contributed by atoms with van der Waals surface area (Å²) < 4.78 is 4.62. The number of aliphatic carboxylic acids is 1. The van der Waals surface area contributed by atoms with Gasteiger partial charge in [0, 0.05) is 0 Å². The first kappa shape index (κ1) is 13.5.